The number of carbonyl (C=O) groups is 1. The van der Waals surface area contributed by atoms with Gasteiger partial charge in [-0.2, -0.15) is 0 Å². The fourth-order valence-corrected chi connectivity index (χ4v) is 1.55. The molecule has 2 heterocycles. The van der Waals surface area contributed by atoms with E-state index in [4.69, 9.17) is 4.74 Å². The summed E-state index contributed by atoms with van der Waals surface area (Å²) in [6.45, 7) is 2.39. The van der Waals surface area contributed by atoms with Gasteiger partial charge in [-0.3, -0.25) is 4.79 Å². The standard InChI is InChI=1S/C8H13FN2O2/c9-8(5-10-6-8)7(12)11-1-3-13-4-2-11/h10H,1-6H2. The van der Waals surface area contributed by atoms with Gasteiger partial charge in [0.25, 0.3) is 5.91 Å². The van der Waals surface area contributed by atoms with Crippen molar-refractivity contribution in [1.29, 1.82) is 0 Å². The largest absolute Gasteiger partial charge is 0.378 e. The second-order valence-electron chi connectivity index (χ2n) is 3.47. The Hall–Kier alpha value is -0.680. The van der Waals surface area contributed by atoms with E-state index >= 15 is 0 Å². The molecule has 0 saturated carbocycles. The highest BCUT2D eigenvalue weighted by atomic mass is 19.1. The Morgan fingerprint density at radius 3 is 2.46 bits per heavy atom. The molecule has 74 valence electrons. The van der Waals surface area contributed by atoms with Crippen molar-refractivity contribution in [1.82, 2.24) is 10.2 Å². The second kappa shape index (κ2) is 3.23. The molecule has 2 aliphatic rings. The van der Waals surface area contributed by atoms with Crippen LogP contribution in [0.25, 0.3) is 0 Å². The molecule has 2 rings (SSSR count). The van der Waals surface area contributed by atoms with Gasteiger partial charge in [0, 0.05) is 26.2 Å². The minimum absolute atomic E-state index is 0.156. The average molecular weight is 188 g/mol. The van der Waals surface area contributed by atoms with E-state index < -0.39 is 5.67 Å². The van der Waals surface area contributed by atoms with E-state index in [1.165, 1.54) is 0 Å². The first-order valence-electron chi connectivity index (χ1n) is 4.49. The van der Waals surface area contributed by atoms with Crippen molar-refractivity contribution in [3.8, 4) is 0 Å². The fourth-order valence-electron chi connectivity index (χ4n) is 1.55. The summed E-state index contributed by atoms with van der Waals surface area (Å²) < 4.78 is 18.7. The smallest absolute Gasteiger partial charge is 0.263 e. The zero-order chi connectivity index (χ0) is 9.31. The van der Waals surface area contributed by atoms with E-state index in [2.05, 4.69) is 5.32 Å². The third-order valence-corrected chi connectivity index (χ3v) is 2.49. The Balaban J connectivity index is 1.95. The molecule has 0 aliphatic carbocycles. The fraction of sp³-hybridized carbons (Fsp3) is 0.875. The maximum atomic E-state index is 13.6. The van der Waals surface area contributed by atoms with Crippen LogP contribution in [-0.4, -0.2) is 55.9 Å². The molecular weight excluding hydrogens is 175 g/mol. The molecule has 4 nitrogen and oxygen atoms in total. The van der Waals surface area contributed by atoms with Gasteiger partial charge in [0.05, 0.1) is 13.2 Å². The Morgan fingerprint density at radius 2 is 2.00 bits per heavy atom. The Labute approximate surface area is 76.0 Å². The molecule has 13 heavy (non-hydrogen) atoms. The number of hydrogen-bond donors (Lipinski definition) is 1. The van der Waals surface area contributed by atoms with Crippen LogP contribution in [0.5, 0.6) is 0 Å². The quantitative estimate of drug-likeness (QED) is 0.583. The molecule has 0 radical (unpaired) electrons. The first-order valence-corrected chi connectivity index (χ1v) is 4.49. The summed E-state index contributed by atoms with van der Waals surface area (Å²) in [6.07, 6.45) is 0. The molecule has 0 aromatic carbocycles. The normalized spacial score (nSPS) is 26.7. The minimum Gasteiger partial charge on any atom is -0.378 e. The van der Waals surface area contributed by atoms with Crippen LogP contribution < -0.4 is 5.32 Å². The van der Waals surface area contributed by atoms with Crippen molar-refractivity contribution in [2.45, 2.75) is 5.67 Å². The number of nitrogens with zero attached hydrogens (tertiary/aromatic N) is 1. The molecule has 2 aliphatic heterocycles. The molecule has 1 amide bonds. The highest BCUT2D eigenvalue weighted by molar-refractivity contribution is 5.87. The summed E-state index contributed by atoms with van der Waals surface area (Å²) in [5.41, 5.74) is -1.64. The van der Waals surface area contributed by atoms with Gasteiger partial charge < -0.3 is 15.0 Å². The van der Waals surface area contributed by atoms with E-state index in [-0.39, 0.29) is 19.0 Å². The molecule has 0 unspecified atom stereocenters. The van der Waals surface area contributed by atoms with Gasteiger partial charge >= 0.3 is 0 Å². The molecular formula is C8H13FN2O2. The topological polar surface area (TPSA) is 41.6 Å². The molecule has 2 fully saturated rings. The lowest BCUT2D eigenvalue weighted by atomic mass is 9.97. The maximum Gasteiger partial charge on any atom is 0.263 e. The number of nitrogens with one attached hydrogen (secondary N) is 1. The van der Waals surface area contributed by atoms with Crippen molar-refractivity contribution < 1.29 is 13.9 Å². The van der Waals surface area contributed by atoms with Gasteiger partial charge in [0.15, 0.2) is 0 Å². The van der Waals surface area contributed by atoms with E-state index in [0.717, 1.165) is 0 Å². The van der Waals surface area contributed by atoms with Crippen molar-refractivity contribution >= 4 is 5.91 Å². The minimum atomic E-state index is -1.64. The van der Waals surface area contributed by atoms with Crippen LogP contribution in [0, 0.1) is 0 Å². The Morgan fingerprint density at radius 1 is 1.38 bits per heavy atom. The molecule has 0 bridgehead atoms. The molecule has 0 aromatic heterocycles. The first-order chi connectivity index (χ1) is 6.22. The van der Waals surface area contributed by atoms with Crippen molar-refractivity contribution in [2.24, 2.45) is 0 Å². The highest BCUT2D eigenvalue weighted by Gasteiger charge is 2.47. The Bertz CT molecular complexity index is 212. The summed E-state index contributed by atoms with van der Waals surface area (Å²) in [5, 5.41) is 2.77. The number of amides is 1. The number of ether oxygens (including phenoxy) is 1. The molecule has 5 heteroatoms. The number of carbonyl (C=O) groups excluding carboxylic acids is 1. The molecule has 1 N–H and O–H groups in total. The molecule has 0 aromatic rings. The summed E-state index contributed by atoms with van der Waals surface area (Å²) in [5.74, 6) is -0.380. The van der Waals surface area contributed by atoms with Crippen molar-refractivity contribution in [3.05, 3.63) is 0 Å². The van der Waals surface area contributed by atoms with Gasteiger partial charge in [0.2, 0.25) is 5.67 Å². The first kappa shape index (κ1) is 8.90. The third-order valence-electron chi connectivity index (χ3n) is 2.49. The summed E-state index contributed by atoms with van der Waals surface area (Å²) in [7, 11) is 0. The highest BCUT2D eigenvalue weighted by Crippen LogP contribution is 2.20. The van der Waals surface area contributed by atoms with Crippen LogP contribution in [0.15, 0.2) is 0 Å². The number of hydrogen-bond acceptors (Lipinski definition) is 3. The number of morpholine rings is 1. The summed E-state index contributed by atoms with van der Waals surface area (Å²) in [6, 6.07) is 0. The average Bonchev–Trinajstić information content (AvgIpc) is 2.14. The molecule has 0 atom stereocenters. The van der Waals surface area contributed by atoms with Crippen LogP contribution in [0.4, 0.5) is 4.39 Å². The number of rotatable bonds is 1. The summed E-state index contributed by atoms with van der Waals surface area (Å²) >= 11 is 0. The van der Waals surface area contributed by atoms with Crippen LogP contribution in [0.2, 0.25) is 0 Å². The van der Waals surface area contributed by atoms with Crippen molar-refractivity contribution in [3.63, 3.8) is 0 Å². The van der Waals surface area contributed by atoms with Crippen LogP contribution in [-0.2, 0) is 9.53 Å². The van der Waals surface area contributed by atoms with E-state index in [1.807, 2.05) is 0 Å². The van der Waals surface area contributed by atoms with Gasteiger partial charge in [-0.05, 0) is 0 Å². The van der Waals surface area contributed by atoms with Gasteiger partial charge in [-0.1, -0.05) is 0 Å². The second-order valence-corrected chi connectivity index (χ2v) is 3.47. The van der Waals surface area contributed by atoms with Crippen molar-refractivity contribution in [2.75, 3.05) is 39.4 Å². The molecule has 2 saturated heterocycles. The van der Waals surface area contributed by atoms with E-state index in [9.17, 15) is 9.18 Å². The zero-order valence-corrected chi connectivity index (χ0v) is 7.38. The number of halogens is 1. The zero-order valence-electron chi connectivity index (χ0n) is 7.38. The van der Waals surface area contributed by atoms with Crippen LogP contribution >= 0.6 is 0 Å². The maximum absolute atomic E-state index is 13.6. The molecule has 0 spiro atoms. The predicted molar refractivity (Wildman–Crippen MR) is 44.1 cm³/mol. The van der Waals surface area contributed by atoms with E-state index in [0.29, 0.717) is 26.3 Å². The Kier molecular flexibility index (Phi) is 2.21. The summed E-state index contributed by atoms with van der Waals surface area (Å²) in [4.78, 5) is 13.1. The predicted octanol–water partition coefficient (Wildman–Crippen LogP) is -0.843. The van der Waals surface area contributed by atoms with Crippen LogP contribution in [0.1, 0.15) is 0 Å². The lowest BCUT2D eigenvalue weighted by molar-refractivity contribution is -0.151. The lowest BCUT2D eigenvalue weighted by Gasteiger charge is -2.38. The third kappa shape index (κ3) is 1.53. The van der Waals surface area contributed by atoms with E-state index in [1.54, 1.807) is 4.90 Å². The van der Waals surface area contributed by atoms with Gasteiger partial charge in [-0.25, -0.2) is 4.39 Å². The van der Waals surface area contributed by atoms with Crippen LogP contribution in [0.3, 0.4) is 0 Å². The lowest BCUT2D eigenvalue weighted by Crippen LogP contribution is -2.65. The SMILES string of the molecule is O=C(N1CCOCC1)C1(F)CNC1. The van der Waals surface area contributed by atoms with Gasteiger partial charge in [-0.15, -0.1) is 0 Å². The number of alkyl halides is 1. The monoisotopic (exact) mass is 188 g/mol. The van der Waals surface area contributed by atoms with Gasteiger partial charge in [0.1, 0.15) is 0 Å².